The first-order valence-electron chi connectivity index (χ1n) is 11.0. The van der Waals surface area contributed by atoms with Crippen LogP contribution in [0.1, 0.15) is 35.2 Å². The number of aliphatic hydroxyl groups is 1. The lowest BCUT2D eigenvalue weighted by Crippen LogP contribution is -2.46. The number of amides is 3. The van der Waals surface area contributed by atoms with Gasteiger partial charge in [-0.15, -0.1) is 0 Å². The summed E-state index contributed by atoms with van der Waals surface area (Å²) in [6.07, 6.45) is 1.11. The summed E-state index contributed by atoms with van der Waals surface area (Å²) in [5.41, 5.74) is 6.07. The summed E-state index contributed by atoms with van der Waals surface area (Å²) in [5, 5.41) is 11.1. The molecule has 4 rings (SSSR count). The van der Waals surface area contributed by atoms with E-state index in [-0.39, 0.29) is 41.8 Å². The van der Waals surface area contributed by atoms with Gasteiger partial charge in [-0.1, -0.05) is 30.3 Å². The highest BCUT2D eigenvalue weighted by Crippen LogP contribution is 2.42. The molecule has 0 saturated carbocycles. The summed E-state index contributed by atoms with van der Waals surface area (Å²) in [6.45, 7) is 2.29. The number of nitrogens with two attached hydrogens (primary N) is 1. The summed E-state index contributed by atoms with van der Waals surface area (Å²) in [7, 11) is 0. The van der Waals surface area contributed by atoms with Crippen LogP contribution in [0, 0.1) is 5.92 Å². The zero-order valence-corrected chi connectivity index (χ0v) is 18.5. The molecule has 4 atom stereocenters. The van der Waals surface area contributed by atoms with E-state index in [0.717, 1.165) is 10.1 Å². The lowest BCUT2D eigenvalue weighted by molar-refractivity contribution is -0.129. The van der Waals surface area contributed by atoms with Crippen molar-refractivity contribution in [2.45, 2.75) is 38.0 Å². The van der Waals surface area contributed by atoms with E-state index in [1.807, 2.05) is 30.3 Å². The van der Waals surface area contributed by atoms with Crippen LogP contribution in [-0.2, 0) is 16.1 Å². The van der Waals surface area contributed by atoms with E-state index < -0.39 is 17.6 Å². The second-order valence-corrected chi connectivity index (χ2v) is 8.79. The van der Waals surface area contributed by atoms with Crippen molar-refractivity contribution in [1.82, 2.24) is 14.4 Å². The first-order chi connectivity index (χ1) is 15.8. The summed E-state index contributed by atoms with van der Waals surface area (Å²) in [4.78, 5) is 52.6. The van der Waals surface area contributed by atoms with Crippen LogP contribution in [0.15, 0.2) is 53.5 Å². The van der Waals surface area contributed by atoms with E-state index in [9.17, 15) is 24.3 Å². The summed E-state index contributed by atoms with van der Waals surface area (Å²) < 4.78 is 1.11. The Morgan fingerprint density at radius 1 is 1.09 bits per heavy atom. The van der Waals surface area contributed by atoms with Gasteiger partial charge in [-0.3, -0.25) is 19.2 Å². The van der Waals surface area contributed by atoms with Crippen LogP contribution in [0.2, 0.25) is 0 Å². The molecule has 2 aliphatic rings. The van der Waals surface area contributed by atoms with Crippen LogP contribution >= 0.6 is 0 Å². The van der Waals surface area contributed by atoms with Crippen LogP contribution < -0.4 is 11.3 Å². The molecule has 2 aromatic rings. The standard InChI is InChI=1S/C24H28N4O5/c1-15(29)26-10-9-20(30)23-18(16-5-3-2-4-6-16)12-28(19(23)13-26)24(33)17-7-8-22(32)27(11-17)14-21(25)31/h2-8,11,18-20,23,30H,9-10,12-14H2,1H3,(H2,25,31)/t18-,19+,20+,23-/m0/s1. The van der Waals surface area contributed by atoms with Crippen LogP contribution in [-0.4, -0.2) is 69.0 Å². The van der Waals surface area contributed by atoms with Crippen LogP contribution in [0.4, 0.5) is 0 Å². The van der Waals surface area contributed by atoms with Gasteiger partial charge in [0.05, 0.1) is 17.7 Å². The van der Waals surface area contributed by atoms with Crippen molar-refractivity contribution in [3.05, 3.63) is 70.1 Å². The first-order valence-corrected chi connectivity index (χ1v) is 11.0. The molecule has 1 aromatic heterocycles. The Hall–Kier alpha value is -3.46. The number of hydrogen-bond donors (Lipinski definition) is 2. The molecule has 174 valence electrons. The molecule has 9 nitrogen and oxygen atoms in total. The molecule has 0 radical (unpaired) electrons. The van der Waals surface area contributed by atoms with Crippen molar-refractivity contribution < 1.29 is 19.5 Å². The van der Waals surface area contributed by atoms with E-state index >= 15 is 0 Å². The maximum absolute atomic E-state index is 13.6. The average molecular weight is 453 g/mol. The SMILES string of the molecule is CC(=O)N1CC[C@@H](O)[C@@H]2[C@@H](C1)N(C(=O)c1ccc(=O)n(CC(N)=O)c1)C[C@H]2c1ccccc1. The van der Waals surface area contributed by atoms with E-state index in [0.29, 0.717) is 26.1 Å². The van der Waals surface area contributed by atoms with Gasteiger partial charge in [0, 0.05) is 50.7 Å². The Kier molecular flexibility index (Phi) is 6.33. The van der Waals surface area contributed by atoms with Crippen molar-refractivity contribution in [2.75, 3.05) is 19.6 Å². The lowest BCUT2D eigenvalue weighted by Gasteiger charge is -2.31. The van der Waals surface area contributed by atoms with E-state index in [4.69, 9.17) is 5.73 Å². The molecule has 2 fully saturated rings. The fourth-order valence-corrected chi connectivity index (χ4v) is 5.15. The van der Waals surface area contributed by atoms with Gasteiger partial charge in [0.1, 0.15) is 6.54 Å². The molecular formula is C24H28N4O5. The second kappa shape index (κ2) is 9.19. The minimum absolute atomic E-state index is 0.0985. The van der Waals surface area contributed by atoms with Crippen molar-refractivity contribution in [1.29, 1.82) is 0 Å². The lowest BCUT2D eigenvalue weighted by atomic mass is 9.81. The van der Waals surface area contributed by atoms with Crippen molar-refractivity contribution >= 4 is 17.7 Å². The summed E-state index contributed by atoms with van der Waals surface area (Å²) in [5.74, 6) is -1.44. The van der Waals surface area contributed by atoms with Crippen LogP contribution in [0.25, 0.3) is 0 Å². The third kappa shape index (κ3) is 4.54. The van der Waals surface area contributed by atoms with Gasteiger partial charge in [0.25, 0.3) is 11.5 Å². The van der Waals surface area contributed by atoms with Gasteiger partial charge in [-0.25, -0.2) is 0 Å². The minimum atomic E-state index is -0.684. The number of carbonyl (C=O) groups is 3. The molecule has 2 aliphatic heterocycles. The number of hydrogen-bond acceptors (Lipinski definition) is 5. The predicted octanol–water partition coefficient (Wildman–Crippen LogP) is 0.171. The molecule has 33 heavy (non-hydrogen) atoms. The van der Waals surface area contributed by atoms with Crippen molar-refractivity contribution in [3.8, 4) is 0 Å². The Balaban J connectivity index is 1.73. The molecule has 0 unspecified atom stereocenters. The third-order valence-corrected chi connectivity index (χ3v) is 6.74. The molecular weight excluding hydrogens is 424 g/mol. The Labute approximate surface area is 191 Å². The van der Waals surface area contributed by atoms with Crippen LogP contribution in [0.5, 0.6) is 0 Å². The highest BCUT2D eigenvalue weighted by molar-refractivity contribution is 5.94. The molecule has 3 heterocycles. The molecule has 2 saturated heterocycles. The fourth-order valence-electron chi connectivity index (χ4n) is 5.15. The minimum Gasteiger partial charge on any atom is -0.393 e. The summed E-state index contributed by atoms with van der Waals surface area (Å²) in [6, 6.07) is 12.0. The Morgan fingerprint density at radius 2 is 1.82 bits per heavy atom. The first kappa shape index (κ1) is 22.7. The number of primary amides is 1. The number of likely N-dealkylation sites (tertiary alicyclic amines) is 2. The number of nitrogens with zero attached hydrogens (tertiary/aromatic N) is 3. The normalized spacial score (nSPS) is 24.8. The largest absolute Gasteiger partial charge is 0.393 e. The van der Waals surface area contributed by atoms with Gasteiger partial charge >= 0.3 is 0 Å². The highest BCUT2D eigenvalue weighted by atomic mass is 16.3. The van der Waals surface area contributed by atoms with Gasteiger partial charge in [0.15, 0.2) is 0 Å². The number of aliphatic hydroxyl groups excluding tert-OH is 1. The summed E-state index contributed by atoms with van der Waals surface area (Å²) >= 11 is 0. The van der Waals surface area contributed by atoms with E-state index in [2.05, 4.69) is 0 Å². The quantitative estimate of drug-likeness (QED) is 0.684. The van der Waals surface area contributed by atoms with Crippen molar-refractivity contribution in [2.24, 2.45) is 11.7 Å². The molecule has 0 spiro atoms. The van der Waals surface area contributed by atoms with Crippen LogP contribution in [0.3, 0.4) is 0 Å². The zero-order valence-electron chi connectivity index (χ0n) is 18.5. The molecule has 9 heteroatoms. The number of aromatic nitrogens is 1. The molecule has 0 aliphatic carbocycles. The number of benzene rings is 1. The number of pyridine rings is 1. The number of carbonyl (C=O) groups excluding carboxylic acids is 3. The topological polar surface area (TPSA) is 126 Å². The highest BCUT2D eigenvalue weighted by Gasteiger charge is 2.49. The maximum atomic E-state index is 13.6. The van der Waals surface area contributed by atoms with Crippen molar-refractivity contribution in [3.63, 3.8) is 0 Å². The van der Waals surface area contributed by atoms with Gasteiger partial charge in [-0.2, -0.15) is 0 Å². The predicted molar refractivity (Wildman–Crippen MR) is 120 cm³/mol. The zero-order chi connectivity index (χ0) is 23.7. The number of fused-ring (bicyclic) bond motifs is 1. The van der Waals surface area contributed by atoms with Gasteiger partial charge in [-0.05, 0) is 18.1 Å². The molecule has 3 N–H and O–H groups in total. The average Bonchev–Trinajstić information content (AvgIpc) is 3.07. The Bertz CT molecular complexity index is 1120. The molecule has 0 bridgehead atoms. The van der Waals surface area contributed by atoms with E-state index in [1.54, 1.807) is 9.80 Å². The molecule has 3 amide bonds. The number of rotatable bonds is 4. The smallest absolute Gasteiger partial charge is 0.255 e. The molecule has 1 aromatic carbocycles. The monoisotopic (exact) mass is 452 g/mol. The second-order valence-electron chi connectivity index (χ2n) is 8.79. The Morgan fingerprint density at radius 3 is 2.48 bits per heavy atom. The maximum Gasteiger partial charge on any atom is 0.255 e. The fraction of sp³-hybridized carbons (Fsp3) is 0.417. The van der Waals surface area contributed by atoms with Gasteiger partial charge < -0.3 is 25.2 Å². The van der Waals surface area contributed by atoms with Gasteiger partial charge in [0.2, 0.25) is 11.8 Å². The van der Waals surface area contributed by atoms with E-state index in [1.165, 1.54) is 25.3 Å². The third-order valence-electron chi connectivity index (χ3n) is 6.74.